The van der Waals surface area contributed by atoms with E-state index < -0.39 is 0 Å². The van der Waals surface area contributed by atoms with Gasteiger partial charge < -0.3 is 5.84 Å². The van der Waals surface area contributed by atoms with Crippen LogP contribution in [0.1, 0.15) is 13.3 Å². The second kappa shape index (κ2) is 5.54. The first-order valence-corrected chi connectivity index (χ1v) is 6.45. The summed E-state index contributed by atoms with van der Waals surface area (Å²) in [5.74, 6) is 6.85. The molecule has 0 amide bonds. The van der Waals surface area contributed by atoms with Gasteiger partial charge in [0.15, 0.2) is 0 Å². The minimum atomic E-state index is 0.371. The van der Waals surface area contributed by atoms with E-state index in [1.807, 2.05) is 11.8 Å². The highest BCUT2D eigenvalue weighted by atomic mass is 32.2. The van der Waals surface area contributed by atoms with E-state index in [-0.39, 0.29) is 0 Å². The summed E-state index contributed by atoms with van der Waals surface area (Å²) in [5, 5.41) is 3.51. The zero-order valence-corrected chi connectivity index (χ0v) is 9.57. The third-order valence-corrected chi connectivity index (χ3v) is 4.38. The highest BCUT2D eigenvalue weighted by molar-refractivity contribution is 8.38. The van der Waals surface area contributed by atoms with E-state index in [0.29, 0.717) is 12.0 Å². The van der Waals surface area contributed by atoms with Gasteiger partial charge in [-0.25, -0.2) is 0 Å². The fourth-order valence-corrected chi connectivity index (χ4v) is 2.93. The summed E-state index contributed by atoms with van der Waals surface area (Å²) >= 11 is 3.57. The van der Waals surface area contributed by atoms with Gasteiger partial charge in [-0.2, -0.15) is 5.10 Å². The third kappa shape index (κ3) is 3.23. The van der Waals surface area contributed by atoms with Crippen LogP contribution in [0.4, 0.5) is 0 Å². The Bertz CT molecular complexity index is 215. The van der Waals surface area contributed by atoms with Crippen LogP contribution in [0.2, 0.25) is 0 Å². The van der Waals surface area contributed by atoms with Gasteiger partial charge in [-0.1, -0.05) is 18.7 Å². The van der Waals surface area contributed by atoms with Crippen LogP contribution >= 0.6 is 23.5 Å². The van der Waals surface area contributed by atoms with Crippen LogP contribution in [0.25, 0.3) is 0 Å². The van der Waals surface area contributed by atoms with E-state index in [1.165, 1.54) is 4.38 Å². The number of nitrogens with zero attached hydrogens (tertiary/aromatic N) is 2. The maximum absolute atomic E-state index is 5.07. The summed E-state index contributed by atoms with van der Waals surface area (Å²) in [7, 11) is 0. The molecule has 0 aromatic heterocycles. The van der Waals surface area contributed by atoms with Crippen LogP contribution < -0.4 is 5.84 Å². The van der Waals surface area contributed by atoms with Crippen molar-refractivity contribution in [2.24, 2.45) is 21.9 Å². The van der Waals surface area contributed by atoms with Crippen molar-refractivity contribution in [2.45, 2.75) is 19.4 Å². The first-order valence-electron chi connectivity index (χ1n) is 4.24. The zero-order valence-electron chi connectivity index (χ0n) is 7.93. The molecule has 0 aromatic carbocycles. The van der Waals surface area contributed by atoms with Gasteiger partial charge in [0.05, 0.1) is 6.04 Å². The summed E-state index contributed by atoms with van der Waals surface area (Å²) in [4.78, 5) is 4.61. The normalized spacial score (nSPS) is 29.2. The number of nitrogens with two attached hydrogens (primary N) is 1. The summed E-state index contributed by atoms with van der Waals surface area (Å²) in [6, 6.07) is 0.371. The number of hydrazone groups is 1. The van der Waals surface area contributed by atoms with Gasteiger partial charge in [-0.15, -0.1) is 11.8 Å². The Labute approximate surface area is 87.6 Å². The first kappa shape index (κ1) is 10.9. The molecule has 0 fully saturated rings. The molecule has 2 N–H and O–H groups in total. The van der Waals surface area contributed by atoms with Crippen LogP contribution in [0.5, 0.6) is 0 Å². The van der Waals surface area contributed by atoms with E-state index in [0.717, 1.165) is 12.2 Å². The fourth-order valence-electron chi connectivity index (χ4n) is 1.18. The molecule has 0 saturated carbocycles. The van der Waals surface area contributed by atoms with Crippen molar-refractivity contribution < 1.29 is 0 Å². The fraction of sp³-hybridized carbons (Fsp3) is 0.750. The zero-order chi connectivity index (χ0) is 9.68. The monoisotopic (exact) mass is 217 g/mol. The number of hydrogen-bond donors (Lipinski definition) is 1. The topological polar surface area (TPSA) is 50.7 Å². The molecule has 0 saturated heterocycles. The summed E-state index contributed by atoms with van der Waals surface area (Å²) in [6.45, 7) is 2.22. The van der Waals surface area contributed by atoms with E-state index in [4.69, 9.17) is 5.84 Å². The highest BCUT2D eigenvalue weighted by Gasteiger charge is 2.21. The van der Waals surface area contributed by atoms with Crippen LogP contribution in [0.15, 0.2) is 10.1 Å². The molecule has 0 aliphatic carbocycles. The lowest BCUT2D eigenvalue weighted by Gasteiger charge is -2.24. The second-order valence-electron chi connectivity index (χ2n) is 3.02. The van der Waals surface area contributed by atoms with Gasteiger partial charge in [0, 0.05) is 18.4 Å². The van der Waals surface area contributed by atoms with Crippen molar-refractivity contribution in [1.29, 1.82) is 0 Å². The summed E-state index contributed by atoms with van der Waals surface area (Å²) in [6.07, 6.45) is 4.68. The summed E-state index contributed by atoms with van der Waals surface area (Å²) in [5.41, 5.74) is 0. The van der Waals surface area contributed by atoms with Crippen molar-refractivity contribution in [3.63, 3.8) is 0 Å². The highest BCUT2D eigenvalue weighted by Crippen LogP contribution is 2.28. The number of hydrogen-bond acceptors (Lipinski definition) is 5. The van der Waals surface area contributed by atoms with Crippen molar-refractivity contribution in [1.82, 2.24) is 0 Å². The predicted octanol–water partition coefficient (Wildman–Crippen LogP) is 1.79. The molecule has 0 radical (unpaired) electrons. The molecule has 1 rings (SSSR count). The molecule has 0 spiro atoms. The van der Waals surface area contributed by atoms with Crippen molar-refractivity contribution in [2.75, 3.05) is 12.0 Å². The van der Waals surface area contributed by atoms with Gasteiger partial charge in [0.25, 0.3) is 0 Å². The first-order chi connectivity index (χ1) is 6.27. The minimum Gasteiger partial charge on any atom is -0.324 e. The Morgan fingerprint density at radius 2 is 2.62 bits per heavy atom. The molecule has 5 heteroatoms. The molecule has 1 aliphatic heterocycles. The van der Waals surface area contributed by atoms with Gasteiger partial charge in [0.2, 0.25) is 0 Å². The molecule has 2 atom stereocenters. The van der Waals surface area contributed by atoms with Crippen LogP contribution in [-0.4, -0.2) is 28.6 Å². The SMILES string of the molecule is CSC1=N[C@H](C/C=N\N)C(C)CS1. The quantitative estimate of drug-likeness (QED) is 0.436. The summed E-state index contributed by atoms with van der Waals surface area (Å²) < 4.78 is 1.19. The Hall–Kier alpha value is -0.160. The molecule has 1 heterocycles. The number of aliphatic imine (C=N–C) groups is 1. The van der Waals surface area contributed by atoms with Crippen molar-refractivity contribution in [3.8, 4) is 0 Å². The average Bonchev–Trinajstić information content (AvgIpc) is 2.17. The molecular weight excluding hydrogens is 202 g/mol. The van der Waals surface area contributed by atoms with Crippen molar-refractivity contribution in [3.05, 3.63) is 0 Å². The molecular formula is C8H15N3S2. The molecule has 1 aliphatic rings. The van der Waals surface area contributed by atoms with E-state index in [1.54, 1.807) is 18.0 Å². The standard InChI is InChI=1S/C8H15N3S2/c1-6-5-13-8(12-2)11-7(6)3-4-10-9/h4,6-7H,3,5,9H2,1-2H3/b10-4-/t6?,7-/m1/s1. The molecule has 74 valence electrons. The largest absolute Gasteiger partial charge is 0.324 e. The Kier molecular flexibility index (Phi) is 4.66. The van der Waals surface area contributed by atoms with E-state index in [2.05, 4.69) is 23.3 Å². The van der Waals surface area contributed by atoms with E-state index >= 15 is 0 Å². The lowest BCUT2D eigenvalue weighted by Crippen LogP contribution is -2.24. The average molecular weight is 217 g/mol. The van der Waals surface area contributed by atoms with Gasteiger partial charge in [-0.3, -0.25) is 4.99 Å². The minimum absolute atomic E-state index is 0.371. The van der Waals surface area contributed by atoms with Gasteiger partial charge in [0.1, 0.15) is 4.38 Å². The van der Waals surface area contributed by atoms with Crippen LogP contribution in [0.3, 0.4) is 0 Å². The van der Waals surface area contributed by atoms with E-state index in [9.17, 15) is 0 Å². The smallest absolute Gasteiger partial charge is 0.124 e. The maximum Gasteiger partial charge on any atom is 0.124 e. The van der Waals surface area contributed by atoms with Crippen LogP contribution in [0, 0.1) is 5.92 Å². The maximum atomic E-state index is 5.07. The van der Waals surface area contributed by atoms with Gasteiger partial charge >= 0.3 is 0 Å². The predicted molar refractivity (Wildman–Crippen MR) is 63.7 cm³/mol. The molecule has 13 heavy (non-hydrogen) atoms. The second-order valence-corrected chi connectivity index (χ2v) is 5.08. The number of thioether (sulfide) groups is 2. The molecule has 0 bridgehead atoms. The Morgan fingerprint density at radius 1 is 1.85 bits per heavy atom. The molecule has 3 nitrogen and oxygen atoms in total. The van der Waals surface area contributed by atoms with Crippen LogP contribution in [-0.2, 0) is 0 Å². The van der Waals surface area contributed by atoms with Crippen molar-refractivity contribution >= 4 is 34.1 Å². The third-order valence-electron chi connectivity index (χ3n) is 2.02. The Balaban J connectivity index is 2.57. The van der Waals surface area contributed by atoms with Gasteiger partial charge in [-0.05, 0) is 12.2 Å². The lowest BCUT2D eigenvalue weighted by molar-refractivity contribution is 0.517. The lowest BCUT2D eigenvalue weighted by atomic mass is 10.0. The number of rotatable bonds is 2. The Morgan fingerprint density at radius 3 is 3.23 bits per heavy atom. The molecule has 1 unspecified atom stereocenters. The molecule has 0 aromatic rings.